The molecule has 6 heteroatoms. The Labute approximate surface area is 94.4 Å². The van der Waals surface area contributed by atoms with E-state index in [9.17, 15) is 4.79 Å². The van der Waals surface area contributed by atoms with Crippen LogP contribution in [0, 0.1) is 5.92 Å². The quantitative estimate of drug-likeness (QED) is 0.764. The van der Waals surface area contributed by atoms with Crippen LogP contribution in [-0.2, 0) is 6.54 Å². The van der Waals surface area contributed by atoms with Crippen LogP contribution in [0.25, 0.3) is 0 Å². The molecule has 88 valence electrons. The molecule has 1 aromatic rings. The number of hydrogen-bond acceptors (Lipinski definition) is 4. The average molecular weight is 223 g/mol. The zero-order valence-corrected chi connectivity index (χ0v) is 9.46. The second-order valence-corrected chi connectivity index (χ2v) is 4.30. The number of carbonyl (C=O) groups is 1. The van der Waals surface area contributed by atoms with Gasteiger partial charge in [0.05, 0.1) is 12.7 Å². The van der Waals surface area contributed by atoms with Gasteiger partial charge >= 0.3 is 0 Å². The van der Waals surface area contributed by atoms with Gasteiger partial charge in [-0.15, -0.1) is 5.10 Å². The van der Waals surface area contributed by atoms with Crippen molar-refractivity contribution in [1.29, 1.82) is 0 Å². The first kappa shape index (κ1) is 11.1. The van der Waals surface area contributed by atoms with E-state index in [4.69, 9.17) is 5.73 Å². The number of rotatable bonds is 3. The van der Waals surface area contributed by atoms with E-state index >= 15 is 0 Å². The highest BCUT2D eigenvalue weighted by atomic mass is 16.2. The Morgan fingerprint density at radius 3 is 3.12 bits per heavy atom. The van der Waals surface area contributed by atoms with Crippen molar-refractivity contribution >= 4 is 5.91 Å². The van der Waals surface area contributed by atoms with Gasteiger partial charge < -0.3 is 10.6 Å². The third-order valence-electron chi connectivity index (χ3n) is 2.83. The van der Waals surface area contributed by atoms with Gasteiger partial charge in [0.25, 0.3) is 5.91 Å². The molecule has 0 radical (unpaired) electrons. The van der Waals surface area contributed by atoms with Gasteiger partial charge in [0.1, 0.15) is 0 Å². The fourth-order valence-corrected chi connectivity index (χ4v) is 1.92. The monoisotopic (exact) mass is 223 g/mol. The summed E-state index contributed by atoms with van der Waals surface area (Å²) in [6.07, 6.45) is 2.74. The van der Waals surface area contributed by atoms with E-state index in [0.717, 1.165) is 19.5 Å². The van der Waals surface area contributed by atoms with Crippen molar-refractivity contribution < 1.29 is 4.79 Å². The predicted octanol–water partition coefficient (Wildman–Crippen LogP) is -0.281. The van der Waals surface area contributed by atoms with Crippen LogP contribution in [0.5, 0.6) is 0 Å². The summed E-state index contributed by atoms with van der Waals surface area (Å²) in [5, 5.41) is 7.73. The molecule has 0 saturated carbocycles. The van der Waals surface area contributed by atoms with E-state index in [2.05, 4.69) is 17.2 Å². The second kappa shape index (κ2) is 4.61. The van der Waals surface area contributed by atoms with E-state index in [1.54, 1.807) is 10.9 Å². The summed E-state index contributed by atoms with van der Waals surface area (Å²) in [5.41, 5.74) is 5.82. The minimum absolute atomic E-state index is 0.0207. The topological polar surface area (TPSA) is 77.0 Å². The zero-order valence-electron chi connectivity index (χ0n) is 9.46. The van der Waals surface area contributed by atoms with Crippen molar-refractivity contribution in [2.75, 3.05) is 19.6 Å². The largest absolute Gasteiger partial charge is 0.337 e. The third kappa shape index (κ3) is 2.21. The van der Waals surface area contributed by atoms with E-state index in [0.29, 0.717) is 24.7 Å². The lowest BCUT2D eigenvalue weighted by Gasteiger charge is -2.13. The SMILES string of the molecule is CC1CCN(C(=O)c2cn(CCN)nn2)C1. The maximum atomic E-state index is 12.0. The van der Waals surface area contributed by atoms with Crippen LogP contribution in [0.3, 0.4) is 0 Å². The van der Waals surface area contributed by atoms with Crippen LogP contribution in [0.15, 0.2) is 6.20 Å². The Balaban J connectivity index is 2.03. The van der Waals surface area contributed by atoms with Crippen LogP contribution in [-0.4, -0.2) is 45.4 Å². The van der Waals surface area contributed by atoms with Crippen LogP contribution < -0.4 is 5.73 Å². The van der Waals surface area contributed by atoms with E-state index in [-0.39, 0.29) is 5.91 Å². The lowest BCUT2D eigenvalue weighted by Crippen LogP contribution is -2.28. The zero-order chi connectivity index (χ0) is 11.5. The summed E-state index contributed by atoms with van der Waals surface area (Å²) in [7, 11) is 0. The smallest absolute Gasteiger partial charge is 0.276 e. The lowest BCUT2D eigenvalue weighted by atomic mass is 10.2. The molecule has 2 rings (SSSR count). The molecular formula is C10H17N5O. The number of likely N-dealkylation sites (tertiary alicyclic amines) is 1. The highest BCUT2D eigenvalue weighted by molar-refractivity contribution is 5.92. The fourth-order valence-electron chi connectivity index (χ4n) is 1.92. The van der Waals surface area contributed by atoms with Crippen molar-refractivity contribution in [3.63, 3.8) is 0 Å². The van der Waals surface area contributed by atoms with Crippen LogP contribution in [0.2, 0.25) is 0 Å². The summed E-state index contributed by atoms with van der Waals surface area (Å²) in [4.78, 5) is 13.8. The van der Waals surface area contributed by atoms with Gasteiger partial charge in [-0.2, -0.15) is 0 Å². The summed E-state index contributed by atoms with van der Waals surface area (Å²) in [6.45, 7) is 4.89. The Morgan fingerprint density at radius 2 is 2.50 bits per heavy atom. The van der Waals surface area contributed by atoms with Gasteiger partial charge in [-0.25, -0.2) is 0 Å². The van der Waals surface area contributed by atoms with Gasteiger partial charge in [0, 0.05) is 19.6 Å². The van der Waals surface area contributed by atoms with Gasteiger partial charge in [-0.3, -0.25) is 9.48 Å². The number of aromatic nitrogens is 3. The van der Waals surface area contributed by atoms with E-state index in [1.165, 1.54) is 0 Å². The molecular weight excluding hydrogens is 206 g/mol. The van der Waals surface area contributed by atoms with Crippen LogP contribution >= 0.6 is 0 Å². The molecule has 1 atom stereocenters. The van der Waals surface area contributed by atoms with E-state index in [1.807, 2.05) is 4.90 Å². The first-order valence-electron chi connectivity index (χ1n) is 5.60. The molecule has 1 aliphatic rings. The molecule has 0 spiro atoms. The lowest BCUT2D eigenvalue weighted by molar-refractivity contribution is 0.0782. The molecule has 6 nitrogen and oxygen atoms in total. The molecule has 1 aromatic heterocycles. The molecule has 1 amide bonds. The first-order valence-corrected chi connectivity index (χ1v) is 5.60. The van der Waals surface area contributed by atoms with Crippen molar-refractivity contribution in [2.24, 2.45) is 11.7 Å². The predicted molar refractivity (Wildman–Crippen MR) is 58.8 cm³/mol. The number of amides is 1. The molecule has 2 heterocycles. The number of nitrogens with two attached hydrogens (primary N) is 1. The van der Waals surface area contributed by atoms with Crippen molar-refractivity contribution in [3.8, 4) is 0 Å². The normalized spacial score (nSPS) is 20.4. The maximum Gasteiger partial charge on any atom is 0.276 e. The summed E-state index contributed by atoms with van der Waals surface area (Å²) in [6, 6.07) is 0. The van der Waals surface area contributed by atoms with Crippen molar-refractivity contribution in [1.82, 2.24) is 19.9 Å². The molecule has 1 fully saturated rings. The number of carbonyl (C=O) groups excluding carboxylic acids is 1. The third-order valence-corrected chi connectivity index (χ3v) is 2.83. The van der Waals surface area contributed by atoms with Crippen LogP contribution in [0.1, 0.15) is 23.8 Å². The molecule has 1 saturated heterocycles. The molecule has 0 aromatic carbocycles. The maximum absolute atomic E-state index is 12.0. The number of hydrogen-bond donors (Lipinski definition) is 1. The van der Waals surface area contributed by atoms with Crippen LogP contribution in [0.4, 0.5) is 0 Å². The highest BCUT2D eigenvalue weighted by Gasteiger charge is 2.25. The molecule has 0 bridgehead atoms. The first-order chi connectivity index (χ1) is 7.70. The highest BCUT2D eigenvalue weighted by Crippen LogP contribution is 2.16. The van der Waals surface area contributed by atoms with Crippen molar-refractivity contribution in [3.05, 3.63) is 11.9 Å². The Hall–Kier alpha value is -1.43. The average Bonchev–Trinajstić information content (AvgIpc) is 2.87. The van der Waals surface area contributed by atoms with Gasteiger partial charge in [0.2, 0.25) is 0 Å². The Morgan fingerprint density at radius 1 is 1.69 bits per heavy atom. The second-order valence-electron chi connectivity index (χ2n) is 4.30. The number of nitrogens with zero attached hydrogens (tertiary/aromatic N) is 4. The molecule has 1 aliphatic heterocycles. The molecule has 0 aliphatic carbocycles. The summed E-state index contributed by atoms with van der Waals surface area (Å²) < 4.78 is 1.60. The van der Waals surface area contributed by atoms with Gasteiger partial charge in [-0.05, 0) is 12.3 Å². The molecule has 2 N–H and O–H groups in total. The Bertz CT molecular complexity index is 375. The van der Waals surface area contributed by atoms with Gasteiger partial charge in [0.15, 0.2) is 5.69 Å². The Kier molecular flexibility index (Phi) is 3.19. The molecule has 1 unspecified atom stereocenters. The summed E-state index contributed by atoms with van der Waals surface area (Å²) in [5.74, 6) is 0.565. The van der Waals surface area contributed by atoms with Gasteiger partial charge in [-0.1, -0.05) is 12.1 Å². The fraction of sp³-hybridized carbons (Fsp3) is 0.700. The van der Waals surface area contributed by atoms with E-state index < -0.39 is 0 Å². The van der Waals surface area contributed by atoms with Crippen molar-refractivity contribution in [2.45, 2.75) is 19.9 Å². The minimum atomic E-state index is -0.0207. The standard InChI is InChI=1S/C10H17N5O/c1-8-2-4-14(6-8)10(16)9-7-15(5-3-11)13-12-9/h7-8H,2-6,11H2,1H3. The minimum Gasteiger partial charge on any atom is -0.337 e. The summed E-state index contributed by atoms with van der Waals surface area (Å²) >= 11 is 0. The molecule has 16 heavy (non-hydrogen) atoms.